The lowest BCUT2D eigenvalue weighted by Crippen LogP contribution is -2.36. The van der Waals surface area contributed by atoms with E-state index >= 15 is 0 Å². The Labute approximate surface area is 170 Å². The summed E-state index contributed by atoms with van der Waals surface area (Å²) in [4.78, 5) is 17.3. The van der Waals surface area contributed by atoms with E-state index in [-0.39, 0.29) is 11.7 Å². The predicted octanol–water partition coefficient (Wildman–Crippen LogP) is 2.90. The summed E-state index contributed by atoms with van der Waals surface area (Å²) in [6.45, 7) is 3.98. The van der Waals surface area contributed by atoms with Crippen LogP contribution in [-0.4, -0.2) is 62.2 Å². The molecule has 1 unspecified atom stereocenters. The highest BCUT2D eigenvalue weighted by atomic mass is 35.5. The van der Waals surface area contributed by atoms with E-state index in [1.165, 1.54) is 18.7 Å². The van der Waals surface area contributed by atoms with Crippen molar-refractivity contribution in [1.82, 2.24) is 9.80 Å². The van der Waals surface area contributed by atoms with E-state index < -0.39 is 5.97 Å². The number of benzene rings is 2. The predicted molar refractivity (Wildman–Crippen MR) is 111 cm³/mol. The van der Waals surface area contributed by atoms with Crippen LogP contribution < -0.4 is 10.5 Å². The zero-order chi connectivity index (χ0) is 20.1. The molecule has 0 spiro atoms. The summed E-state index contributed by atoms with van der Waals surface area (Å²) in [5.41, 5.74) is 7.68. The quantitative estimate of drug-likeness (QED) is 0.611. The second-order valence-corrected chi connectivity index (χ2v) is 7.49. The third-order valence-corrected chi connectivity index (χ3v) is 5.16. The zero-order valence-electron chi connectivity index (χ0n) is 16.2. The second kappa shape index (κ2) is 9.28. The molecule has 28 heavy (non-hydrogen) atoms. The lowest BCUT2D eigenvalue weighted by atomic mass is 10.1. The first-order chi connectivity index (χ1) is 13.5. The normalized spacial score (nSPS) is 18.5. The lowest BCUT2D eigenvalue weighted by Gasteiger charge is -2.24. The molecular weight excluding hydrogens is 378 g/mol. The smallest absolute Gasteiger partial charge is 0.342 e. The molecule has 0 bridgehead atoms. The van der Waals surface area contributed by atoms with Gasteiger partial charge in [0.15, 0.2) is 0 Å². The molecule has 0 aromatic heterocycles. The van der Waals surface area contributed by atoms with Crippen LogP contribution in [0.3, 0.4) is 0 Å². The van der Waals surface area contributed by atoms with Crippen molar-refractivity contribution in [3.05, 3.63) is 58.6 Å². The highest BCUT2D eigenvalue weighted by Gasteiger charge is 2.26. The Balaban J connectivity index is 1.72. The Morgan fingerprint density at radius 3 is 2.68 bits per heavy atom. The lowest BCUT2D eigenvalue weighted by molar-refractivity contribution is 0.0190. The summed E-state index contributed by atoms with van der Waals surface area (Å²) in [5.74, 6) is -0.103. The van der Waals surface area contributed by atoms with Gasteiger partial charge in [0.05, 0.1) is 17.8 Å². The molecule has 2 aromatic carbocycles. The number of rotatable bonds is 5. The summed E-state index contributed by atoms with van der Waals surface area (Å²) in [5, 5.41) is 0.302. The van der Waals surface area contributed by atoms with Crippen molar-refractivity contribution in [3.8, 4) is 5.75 Å². The van der Waals surface area contributed by atoms with Gasteiger partial charge in [0.2, 0.25) is 0 Å². The highest BCUT2D eigenvalue weighted by molar-refractivity contribution is 6.33. The minimum atomic E-state index is -0.460. The molecule has 2 N–H and O–H groups in total. The monoisotopic (exact) mass is 403 g/mol. The number of nitrogen functional groups attached to an aromatic ring is 1. The first-order valence-electron chi connectivity index (χ1n) is 9.25. The van der Waals surface area contributed by atoms with Gasteiger partial charge >= 0.3 is 5.97 Å². The van der Waals surface area contributed by atoms with Crippen LogP contribution in [0, 0.1) is 0 Å². The van der Waals surface area contributed by atoms with Gasteiger partial charge in [0.1, 0.15) is 17.4 Å². The zero-order valence-corrected chi connectivity index (χ0v) is 17.0. The first kappa shape index (κ1) is 20.5. The molecule has 1 aliphatic heterocycles. The Morgan fingerprint density at radius 1 is 1.21 bits per heavy atom. The van der Waals surface area contributed by atoms with Crippen molar-refractivity contribution in [2.24, 2.45) is 0 Å². The summed E-state index contributed by atoms with van der Waals surface area (Å²) in [6, 6.07) is 13.3. The number of nitrogens with two attached hydrogens (primary N) is 1. The number of halogens is 1. The fourth-order valence-electron chi connectivity index (χ4n) is 3.36. The topological polar surface area (TPSA) is 68.0 Å². The molecular formula is C21H26ClN3O3. The Bertz CT molecular complexity index is 816. The molecule has 6 nitrogen and oxygen atoms in total. The van der Waals surface area contributed by atoms with Crippen molar-refractivity contribution in [1.29, 1.82) is 0 Å². The van der Waals surface area contributed by atoms with Crippen molar-refractivity contribution < 1.29 is 14.3 Å². The van der Waals surface area contributed by atoms with Crippen LogP contribution in [0.4, 0.5) is 5.69 Å². The number of ether oxygens (including phenoxy) is 2. The van der Waals surface area contributed by atoms with Gasteiger partial charge in [0, 0.05) is 38.8 Å². The molecule has 1 heterocycles. The molecule has 3 rings (SSSR count). The Kier molecular flexibility index (Phi) is 6.78. The average Bonchev–Trinajstić information content (AvgIpc) is 2.85. The molecule has 0 radical (unpaired) electrons. The fraction of sp³-hybridized carbons (Fsp3) is 0.381. The van der Waals surface area contributed by atoms with Gasteiger partial charge in [-0.2, -0.15) is 0 Å². The SMILES string of the molecule is COc1cc(N)c(Cl)cc1C(=O)OC1CN(C)CCN(Cc2ccccc2)C1. The van der Waals surface area contributed by atoms with E-state index in [1.807, 2.05) is 25.2 Å². The number of esters is 1. The number of hydrogen-bond acceptors (Lipinski definition) is 6. The molecule has 7 heteroatoms. The Hall–Kier alpha value is -2.28. The highest BCUT2D eigenvalue weighted by Crippen LogP contribution is 2.29. The number of hydrogen-bond donors (Lipinski definition) is 1. The van der Waals surface area contributed by atoms with Crippen LogP contribution in [0.1, 0.15) is 15.9 Å². The van der Waals surface area contributed by atoms with Crippen LogP contribution >= 0.6 is 11.6 Å². The first-order valence-corrected chi connectivity index (χ1v) is 9.63. The summed E-state index contributed by atoms with van der Waals surface area (Å²) >= 11 is 6.09. The molecule has 1 aliphatic rings. The van der Waals surface area contributed by atoms with Gasteiger partial charge in [-0.1, -0.05) is 41.9 Å². The number of methoxy groups -OCH3 is 1. The molecule has 2 aromatic rings. The number of carbonyl (C=O) groups excluding carboxylic acids is 1. The number of anilines is 1. The maximum atomic E-state index is 12.8. The second-order valence-electron chi connectivity index (χ2n) is 7.08. The van der Waals surface area contributed by atoms with Gasteiger partial charge in [-0.15, -0.1) is 0 Å². The minimum absolute atomic E-state index is 0.259. The average molecular weight is 404 g/mol. The molecule has 1 atom stereocenters. The van der Waals surface area contributed by atoms with E-state index in [0.717, 1.165) is 19.6 Å². The van der Waals surface area contributed by atoms with Gasteiger partial charge in [0.25, 0.3) is 0 Å². The van der Waals surface area contributed by atoms with E-state index in [1.54, 1.807) is 6.07 Å². The molecule has 0 amide bonds. The van der Waals surface area contributed by atoms with Gasteiger partial charge < -0.3 is 20.1 Å². The number of carbonyl (C=O) groups is 1. The van der Waals surface area contributed by atoms with E-state index in [0.29, 0.717) is 29.5 Å². The molecule has 1 fully saturated rings. The van der Waals surface area contributed by atoms with Crippen molar-refractivity contribution in [2.75, 3.05) is 46.1 Å². The standard InChI is InChI=1S/C21H26ClN3O3/c1-24-8-9-25(12-15-6-4-3-5-7-15)14-16(13-24)28-21(26)17-10-18(22)19(23)11-20(17)27-2/h3-7,10-11,16H,8-9,12-14,23H2,1-2H3. The summed E-state index contributed by atoms with van der Waals surface area (Å²) in [7, 11) is 3.52. The van der Waals surface area contributed by atoms with Crippen LogP contribution in [0.2, 0.25) is 5.02 Å². The third kappa shape index (κ3) is 5.16. The maximum absolute atomic E-state index is 12.8. The van der Waals surface area contributed by atoms with Crippen LogP contribution in [0.15, 0.2) is 42.5 Å². The molecule has 0 aliphatic carbocycles. The van der Waals surface area contributed by atoms with Gasteiger partial charge in [-0.05, 0) is 18.7 Å². The summed E-state index contributed by atoms with van der Waals surface area (Å²) < 4.78 is 11.1. The van der Waals surface area contributed by atoms with E-state index in [2.05, 4.69) is 21.9 Å². The van der Waals surface area contributed by atoms with Crippen molar-refractivity contribution >= 4 is 23.3 Å². The molecule has 0 saturated carbocycles. The van der Waals surface area contributed by atoms with E-state index in [4.69, 9.17) is 26.8 Å². The fourth-order valence-corrected chi connectivity index (χ4v) is 3.52. The van der Waals surface area contributed by atoms with E-state index in [9.17, 15) is 4.79 Å². The number of likely N-dealkylation sites (N-methyl/N-ethyl adjacent to an activating group) is 1. The molecule has 150 valence electrons. The van der Waals surface area contributed by atoms with Crippen LogP contribution in [0.5, 0.6) is 5.75 Å². The molecule has 1 saturated heterocycles. The number of nitrogens with zero attached hydrogens (tertiary/aromatic N) is 2. The van der Waals surface area contributed by atoms with Gasteiger partial charge in [-0.25, -0.2) is 4.79 Å². The van der Waals surface area contributed by atoms with Crippen LogP contribution in [-0.2, 0) is 11.3 Å². The third-order valence-electron chi connectivity index (χ3n) is 4.84. The van der Waals surface area contributed by atoms with Gasteiger partial charge in [-0.3, -0.25) is 4.90 Å². The summed E-state index contributed by atoms with van der Waals surface area (Å²) in [6.07, 6.45) is -0.259. The van der Waals surface area contributed by atoms with Crippen molar-refractivity contribution in [2.45, 2.75) is 12.6 Å². The van der Waals surface area contributed by atoms with Crippen molar-refractivity contribution in [3.63, 3.8) is 0 Å². The maximum Gasteiger partial charge on any atom is 0.342 e. The largest absolute Gasteiger partial charge is 0.496 e. The Morgan fingerprint density at radius 2 is 1.96 bits per heavy atom. The van der Waals surface area contributed by atoms with Crippen LogP contribution in [0.25, 0.3) is 0 Å². The minimum Gasteiger partial charge on any atom is -0.496 e.